The number of nitrogens with one attached hydrogen (secondary N) is 2. The number of rotatable bonds is 4. The normalized spacial score (nSPS) is 22.7. The summed E-state index contributed by atoms with van der Waals surface area (Å²) < 4.78 is 5.40. The van der Waals surface area contributed by atoms with Crippen LogP contribution < -0.4 is 10.9 Å². The Bertz CT molecular complexity index is 921. The molecule has 5 rings (SSSR count). The second kappa shape index (κ2) is 6.88. The van der Waals surface area contributed by atoms with Gasteiger partial charge in [0.2, 0.25) is 17.6 Å². The van der Waals surface area contributed by atoms with Gasteiger partial charge in [0.1, 0.15) is 6.04 Å². The van der Waals surface area contributed by atoms with Crippen molar-refractivity contribution in [3.05, 3.63) is 59.3 Å². The molecule has 4 heterocycles. The van der Waals surface area contributed by atoms with Gasteiger partial charge in [-0.15, -0.1) is 11.3 Å². The fraction of sp³-hybridized carbons (Fsp3) is 0.316. The zero-order valence-electron chi connectivity index (χ0n) is 14.5. The van der Waals surface area contributed by atoms with Crippen molar-refractivity contribution in [1.82, 2.24) is 25.9 Å². The van der Waals surface area contributed by atoms with Crippen molar-refractivity contribution in [2.24, 2.45) is 0 Å². The van der Waals surface area contributed by atoms with E-state index in [9.17, 15) is 4.79 Å². The van der Waals surface area contributed by atoms with Gasteiger partial charge in [0.05, 0.1) is 10.8 Å². The number of aromatic nitrogens is 2. The summed E-state index contributed by atoms with van der Waals surface area (Å²) >= 11 is 1.58. The number of amides is 1. The van der Waals surface area contributed by atoms with Crippen LogP contribution >= 0.6 is 11.3 Å². The van der Waals surface area contributed by atoms with E-state index in [4.69, 9.17) is 4.52 Å². The van der Waals surface area contributed by atoms with Crippen molar-refractivity contribution in [2.45, 2.75) is 24.4 Å². The van der Waals surface area contributed by atoms with Gasteiger partial charge in [-0.2, -0.15) is 4.98 Å². The number of nitrogens with zero attached hydrogens (tertiary/aromatic N) is 3. The minimum Gasteiger partial charge on any atom is -0.340 e. The van der Waals surface area contributed by atoms with Crippen molar-refractivity contribution < 1.29 is 9.32 Å². The van der Waals surface area contributed by atoms with Gasteiger partial charge in [-0.25, -0.2) is 10.9 Å². The molecule has 1 amide bonds. The highest BCUT2D eigenvalue weighted by atomic mass is 32.1. The number of hydrogen-bond donors (Lipinski definition) is 2. The maximum Gasteiger partial charge on any atom is 0.241 e. The van der Waals surface area contributed by atoms with Gasteiger partial charge in [0.15, 0.2) is 0 Å². The third-order valence-electron chi connectivity index (χ3n) is 5.13. The standard InChI is InChI=1S/C19H19N5O2S/c25-19(15-9-14(21-22-15)12-5-2-1-3-6-12)24-10-13(11-24)18-20-17(23-26-18)16-7-4-8-27-16/h1-8,13-15,21-22H,9-11H2. The molecular formula is C19H19N5O2S. The van der Waals surface area contributed by atoms with Crippen LogP contribution in [0.2, 0.25) is 0 Å². The summed E-state index contributed by atoms with van der Waals surface area (Å²) in [6, 6.07) is 14.1. The summed E-state index contributed by atoms with van der Waals surface area (Å²) in [5.41, 5.74) is 7.56. The van der Waals surface area contributed by atoms with E-state index in [0.29, 0.717) is 24.8 Å². The predicted molar refractivity (Wildman–Crippen MR) is 101 cm³/mol. The van der Waals surface area contributed by atoms with Gasteiger partial charge in [-0.1, -0.05) is 41.6 Å². The SMILES string of the molecule is O=C(C1CC(c2ccccc2)NN1)N1CC(c2nc(-c3cccs3)no2)C1. The fourth-order valence-corrected chi connectivity index (χ4v) is 4.21. The quantitative estimate of drug-likeness (QED) is 0.722. The number of hydrogen-bond acceptors (Lipinski definition) is 7. The lowest BCUT2D eigenvalue weighted by Gasteiger charge is -2.38. The van der Waals surface area contributed by atoms with Crippen molar-refractivity contribution in [3.63, 3.8) is 0 Å². The van der Waals surface area contributed by atoms with Crippen molar-refractivity contribution in [2.75, 3.05) is 13.1 Å². The second-order valence-electron chi connectivity index (χ2n) is 6.91. The first kappa shape index (κ1) is 16.6. The lowest BCUT2D eigenvalue weighted by Crippen LogP contribution is -2.54. The number of benzene rings is 1. The number of carbonyl (C=O) groups is 1. The molecule has 0 aliphatic carbocycles. The Balaban J connectivity index is 1.17. The summed E-state index contributed by atoms with van der Waals surface area (Å²) in [5, 5.41) is 6.04. The molecule has 2 fully saturated rings. The maximum atomic E-state index is 12.7. The van der Waals surface area contributed by atoms with E-state index in [2.05, 4.69) is 33.1 Å². The molecule has 3 aromatic rings. The molecule has 1 aromatic carbocycles. The minimum atomic E-state index is -0.208. The molecule has 0 radical (unpaired) electrons. The predicted octanol–water partition coefficient (Wildman–Crippen LogP) is 2.33. The molecule has 0 spiro atoms. The molecule has 0 saturated carbocycles. The summed E-state index contributed by atoms with van der Waals surface area (Å²) in [5.74, 6) is 1.48. The van der Waals surface area contributed by atoms with Gasteiger partial charge >= 0.3 is 0 Å². The molecule has 2 N–H and O–H groups in total. The van der Waals surface area contributed by atoms with E-state index in [1.807, 2.05) is 40.6 Å². The average Bonchev–Trinajstić information content (AvgIpc) is 3.41. The molecule has 2 aliphatic heterocycles. The Morgan fingerprint density at radius 2 is 2.00 bits per heavy atom. The molecule has 2 aliphatic rings. The summed E-state index contributed by atoms with van der Waals surface area (Å²) in [7, 11) is 0. The van der Waals surface area contributed by atoms with Gasteiger partial charge < -0.3 is 9.42 Å². The molecule has 2 aromatic heterocycles. The molecule has 2 unspecified atom stereocenters. The van der Waals surface area contributed by atoms with Gasteiger partial charge in [-0.05, 0) is 23.4 Å². The van der Waals surface area contributed by atoms with E-state index in [1.54, 1.807) is 11.3 Å². The van der Waals surface area contributed by atoms with Gasteiger partial charge in [-0.3, -0.25) is 4.79 Å². The van der Waals surface area contributed by atoms with Crippen LogP contribution in [0.5, 0.6) is 0 Å². The number of thiophene rings is 1. The zero-order chi connectivity index (χ0) is 18.2. The Labute approximate surface area is 160 Å². The first-order valence-corrected chi connectivity index (χ1v) is 9.88. The Hall–Kier alpha value is -2.55. The van der Waals surface area contributed by atoms with Gasteiger partial charge in [0.25, 0.3) is 0 Å². The van der Waals surface area contributed by atoms with Gasteiger partial charge in [0, 0.05) is 19.1 Å². The highest BCUT2D eigenvalue weighted by molar-refractivity contribution is 7.13. The van der Waals surface area contributed by atoms with Crippen LogP contribution in [0.15, 0.2) is 52.4 Å². The Morgan fingerprint density at radius 3 is 2.78 bits per heavy atom. The van der Waals surface area contributed by atoms with Crippen molar-refractivity contribution in [3.8, 4) is 10.7 Å². The molecule has 0 bridgehead atoms. The highest BCUT2D eigenvalue weighted by Gasteiger charge is 2.40. The van der Waals surface area contributed by atoms with E-state index in [0.717, 1.165) is 11.3 Å². The maximum absolute atomic E-state index is 12.7. The third-order valence-corrected chi connectivity index (χ3v) is 5.99. The largest absolute Gasteiger partial charge is 0.340 e. The smallest absolute Gasteiger partial charge is 0.241 e. The summed E-state index contributed by atoms with van der Waals surface area (Å²) in [6.45, 7) is 1.25. The molecule has 27 heavy (non-hydrogen) atoms. The lowest BCUT2D eigenvalue weighted by atomic mass is 9.96. The van der Waals surface area contributed by atoms with E-state index >= 15 is 0 Å². The Morgan fingerprint density at radius 1 is 1.15 bits per heavy atom. The number of likely N-dealkylation sites (tertiary alicyclic amines) is 1. The number of carbonyl (C=O) groups excluding carboxylic acids is 1. The van der Waals surface area contributed by atoms with Crippen molar-refractivity contribution in [1.29, 1.82) is 0 Å². The number of hydrazine groups is 1. The second-order valence-corrected chi connectivity index (χ2v) is 7.86. The lowest BCUT2D eigenvalue weighted by molar-refractivity contribution is -0.138. The first-order valence-electron chi connectivity index (χ1n) is 9.00. The minimum absolute atomic E-state index is 0.120. The molecular weight excluding hydrogens is 362 g/mol. The first-order chi connectivity index (χ1) is 13.3. The van der Waals surface area contributed by atoms with E-state index < -0.39 is 0 Å². The van der Waals surface area contributed by atoms with Crippen LogP contribution in [0.4, 0.5) is 0 Å². The molecule has 2 atom stereocenters. The van der Waals surface area contributed by atoms with Crippen LogP contribution in [0.1, 0.15) is 29.8 Å². The van der Waals surface area contributed by atoms with E-state index in [1.165, 1.54) is 5.56 Å². The third kappa shape index (κ3) is 3.16. The molecule has 2 saturated heterocycles. The molecule has 7 nitrogen and oxygen atoms in total. The monoisotopic (exact) mass is 381 g/mol. The zero-order valence-corrected chi connectivity index (χ0v) is 15.4. The topological polar surface area (TPSA) is 83.3 Å². The van der Waals surface area contributed by atoms with Crippen LogP contribution in [0.25, 0.3) is 10.7 Å². The fourth-order valence-electron chi connectivity index (χ4n) is 3.56. The average molecular weight is 381 g/mol. The summed E-state index contributed by atoms with van der Waals surface area (Å²) in [6.07, 6.45) is 0.743. The summed E-state index contributed by atoms with van der Waals surface area (Å²) in [4.78, 5) is 20.1. The Kier molecular flexibility index (Phi) is 4.23. The van der Waals surface area contributed by atoms with Crippen LogP contribution in [0, 0.1) is 0 Å². The molecule has 138 valence electrons. The van der Waals surface area contributed by atoms with Crippen molar-refractivity contribution >= 4 is 17.2 Å². The van der Waals surface area contributed by atoms with Crippen LogP contribution in [-0.4, -0.2) is 40.1 Å². The van der Waals surface area contributed by atoms with Crippen LogP contribution in [-0.2, 0) is 4.79 Å². The van der Waals surface area contributed by atoms with E-state index in [-0.39, 0.29) is 23.9 Å². The highest BCUT2D eigenvalue weighted by Crippen LogP contribution is 2.31. The van der Waals surface area contributed by atoms with Crippen LogP contribution in [0.3, 0.4) is 0 Å². The molecule has 8 heteroatoms.